The van der Waals surface area contributed by atoms with Gasteiger partial charge < -0.3 is 5.32 Å². The van der Waals surface area contributed by atoms with Crippen molar-refractivity contribution in [2.75, 3.05) is 5.32 Å². The van der Waals surface area contributed by atoms with Gasteiger partial charge in [0.25, 0.3) is 0 Å². The topological polar surface area (TPSA) is 53.6 Å². The van der Waals surface area contributed by atoms with Crippen LogP contribution in [0.25, 0.3) is 0 Å². The van der Waals surface area contributed by atoms with Crippen LogP contribution in [0.3, 0.4) is 0 Å². The number of aryl methyl sites for hydroxylation is 2. The molecular formula is C13H12F2N4. The normalized spacial score (nSPS) is 10.3. The van der Waals surface area contributed by atoms with Gasteiger partial charge in [-0.05, 0) is 25.1 Å². The molecule has 4 nitrogen and oxygen atoms in total. The number of rotatable bonds is 3. The summed E-state index contributed by atoms with van der Waals surface area (Å²) in [7, 11) is 1.68. The van der Waals surface area contributed by atoms with Gasteiger partial charge in [-0.3, -0.25) is 4.68 Å². The van der Waals surface area contributed by atoms with Gasteiger partial charge in [0, 0.05) is 19.2 Å². The molecule has 2 rings (SSSR count). The lowest BCUT2D eigenvalue weighted by Gasteiger charge is -2.08. The zero-order valence-corrected chi connectivity index (χ0v) is 10.5. The van der Waals surface area contributed by atoms with E-state index >= 15 is 0 Å². The summed E-state index contributed by atoms with van der Waals surface area (Å²) in [6.45, 7) is 1.80. The minimum Gasteiger partial charge on any atom is -0.365 e. The van der Waals surface area contributed by atoms with Crippen molar-refractivity contribution < 1.29 is 8.78 Å². The fourth-order valence-corrected chi connectivity index (χ4v) is 1.85. The van der Waals surface area contributed by atoms with E-state index < -0.39 is 11.6 Å². The molecule has 0 bridgehead atoms. The van der Waals surface area contributed by atoms with Crippen LogP contribution in [0.2, 0.25) is 0 Å². The number of nitriles is 1. The smallest absolute Gasteiger partial charge is 0.142 e. The number of hydrogen-bond acceptors (Lipinski definition) is 3. The van der Waals surface area contributed by atoms with Crippen molar-refractivity contribution in [1.82, 2.24) is 9.78 Å². The fourth-order valence-electron chi connectivity index (χ4n) is 1.85. The number of benzene rings is 1. The highest BCUT2D eigenvalue weighted by Crippen LogP contribution is 2.19. The molecule has 0 aliphatic heterocycles. The maximum atomic E-state index is 13.5. The van der Waals surface area contributed by atoms with Crippen molar-refractivity contribution in [2.45, 2.75) is 13.5 Å². The Morgan fingerprint density at radius 3 is 2.84 bits per heavy atom. The van der Waals surface area contributed by atoms with Gasteiger partial charge in [0.1, 0.15) is 29.1 Å². The first-order valence-electron chi connectivity index (χ1n) is 5.64. The number of nitrogens with one attached hydrogen (secondary N) is 1. The first-order chi connectivity index (χ1) is 9.02. The molecule has 1 aromatic carbocycles. The third-order valence-electron chi connectivity index (χ3n) is 2.79. The maximum absolute atomic E-state index is 13.5. The van der Waals surface area contributed by atoms with Gasteiger partial charge in [-0.2, -0.15) is 10.4 Å². The van der Waals surface area contributed by atoms with Gasteiger partial charge in [0.2, 0.25) is 0 Å². The Morgan fingerprint density at radius 2 is 2.16 bits per heavy atom. The molecule has 0 aliphatic carbocycles. The zero-order valence-electron chi connectivity index (χ0n) is 10.5. The second-order valence-corrected chi connectivity index (χ2v) is 4.13. The number of halogens is 2. The molecule has 0 atom stereocenters. The van der Waals surface area contributed by atoms with Crippen LogP contribution >= 0.6 is 0 Å². The molecule has 2 aromatic rings. The second kappa shape index (κ2) is 5.06. The maximum Gasteiger partial charge on any atom is 0.142 e. The summed E-state index contributed by atoms with van der Waals surface area (Å²) in [6, 6.07) is 5.29. The van der Waals surface area contributed by atoms with E-state index in [4.69, 9.17) is 5.26 Å². The number of nitrogens with zero attached hydrogens (tertiary/aromatic N) is 3. The monoisotopic (exact) mass is 262 g/mol. The first kappa shape index (κ1) is 13.0. The zero-order chi connectivity index (χ0) is 14.0. The molecule has 19 heavy (non-hydrogen) atoms. The van der Waals surface area contributed by atoms with E-state index in [1.54, 1.807) is 14.0 Å². The molecule has 0 spiro atoms. The van der Waals surface area contributed by atoms with E-state index in [0.29, 0.717) is 17.1 Å². The Morgan fingerprint density at radius 1 is 1.42 bits per heavy atom. The fraction of sp³-hybridized carbons (Fsp3) is 0.231. The molecule has 1 N–H and O–H groups in total. The SMILES string of the molecule is Cc1nn(C)c(NCc2cc(F)ccc2F)c1C#N. The molecule has 0 saturated heterocycles. The highest BCUT2D eigenvalue weighted by Gasteiger charge is 2.13. The predicted octanol–water partition coefficient (Wildman–Crippen LogP) is 2.49. The average Bonchev–Trinajstić information content (AvgIpc) is 2.64. The second-order valence-electron chi connectivity index (χ2n) is 4.13. The Balaban J connectivity index is 2.24. The summed E-state index contributed by atoms with van der Waals surface area (Å²) < 4.78 is 28.0. The van der Waals surface area contributed by atoms with E-state index in [2.05, 4.69) is 10.4 Å². The largest absolute Gasteiger partial charge is 0.365 e. The van der Waals surface area contributed by atoms with Crippen LogP contribution < -0.4 is 5.32 Å². The van der Waals surface area contributed by atoms with Crippen LogP contribution in [0.15, 0.2) is 18.2 Å². The summed E-state index contributed by atoms with van der Waals surface area (Å²) in [5.74, 6) is -0.505. The molecule has 1 heterocycles. The minimum absolute atomic E-state index is 0.0806. The molecule has 0 saturated carbocycles. The van der Waals surface area contributed by atoms with Crippen molar-refractivity contribution >= 4 is 5.82 Å². The quantitative estimate of drug-likeness (QED) is 0.924. The summed E-state index contributed by atoms with van der Waals surface area (Å²) in [4.78, 5) is 0. The summed E-state index contributed by atoms with van der Waals surface area (Å²) in [5, 5.41) is 16.0. The van der Waals surface area contributed by atoms with E-state index in [1.165, 1.54) is 4.68 Å². The Hall–Kier alpha value is -2.42. The summed E-state index contributed by atoms with van der Waals surface area (Å²) >= 11 is 0. The van der Waals surface area contributed by atoms with Gasteiger partial charge in [0.15, 0.2) is 0 Å². The third-order valence-corrected chi connectivity index (χ3v) is 2.79. The molecule has 0 radical (unpaired) electrons. The summed E-state index contributed by atoms with van der Waals surface area (Å²) in [5.41, 5.74) is 1.19. The van der Waals surface area contributed by atoms with Crippen molar-refractivity contribution in [2.24, 2.45) is 7.05 Å². The highest BCUT2D eigenvalue weighted by molar-refractivity contribution is 5.55. The van der Waals surface area contributed by atoms with Crippen LogP contribution in [0.5, 0.6) is 0 Å². The van der Waals surface area contributed by atoms with Crippen LogP contribution in [-0.2, 0) is 13.6 Å². The molecular weight excluding hydrogens is 250 g/mol. The van der Waals surface area contributed by atoms with Crippen LogP contribution in [-0.4, -0.2) is 9.78 Å². The van der Waals surface area contributed by atoms with Crippen LogP contribution in [0.4, 0.5) is 14.6 Å². The Bertz CT molecular complexity index is 655. The van der Waals surface area contributed by atoms with Gasteiger partial charge in [-0.25, -0.2) is 8.78 Å². The number of anilines is 1. The van der Waals surface area contributed by atoms with E-state index in [1.807, 2.05) is 6.07 Å². The number of aromatic nitrogens is 2. The molecule has 0 aliphatic rings. The molecule has 98 valence electrons. The standard InChI is InChI=1S/C13H12F2N4/c1-8-11(6-16)13(19(2)18-8)17-7-9-5-10(14)3-4-12(9)15/h3-5,17H,7H2,1-2H3. The predicted molar refractivity (Wildman–Crippen MR) is 66.3 cm³/mol. The Kier molecular flexibility index (Phi) is 3.47. The van der Waals surface area contributed by atoms with Gasteiger partial charge in [-0.1, -0.05) is 0 Å². The molecule has 6 heteroatoms. The van der Waals surface area contributed by atoms with Crippen molar-refractivity contribution in [1.29, 1.82) is 5.26 Å². The molecule has 1 aromatic heterocycles. The first-order valence-corrected chi connectivity index (χ1v) is 5.64. The van der Waals surface area contributed by atoms with E-state index in [9.17, 15) is 8.78 Å². The third kappa shape index (κ3) is 2.55. The van der Waals surface area contributed by atoms with Crippen molar-refractivity contribution in [3.05, 3.63) is 46.7 Å². The highest BCUT2D eigenvalue weighted by atomic mass is 19.1. The van der Waals surface area contributed by atoms with Gasteiger partial charge >= 0.3 is 0 Å². The van der Waals surface area contributed by atoms with E-state index in [-0.39, 0.29) is 12.1 Å². The molecule has 0 unspecified atom stereocenters. The van der Waals surface area contributed by atoms with Gasteiger partial charge in [-0.15, -0.1) is 0 Å². The lowest BCUT2D eigenvalue weighted by molar-refractivity contribution is 0.587. The van der Waals surface area contributed by atoms with E-state index in [0.717, 1.165) is 18.2 Å². The lowest BCUT2D eigenvalue weighted by Crippen LogP contribution is -2.07. The number of hydrogen-bond donors (Lipinski definition) is 1. The summed E-state index contributed by atoms with van der Waals surface area (Å²) in [6.07, 6.45) is 0. The van der Waals surface area contributed by atoms with Crippen molar-refractivity contribution in [3.8, 4) is 6.07 Å². The van der Waals surface area contributed by atoms with Crippen LogP contribution in [0, 0.1) is 29.9 Å². The average molecular weight is 262 g/mol. The van der Waals surface area contributed by atoms with Crippen LogP contribution in [0.1, 0.15) is 16.8 Å². The Labute approximate surface area is 109 Å². The van der Waals surface area contributed by atoms with Crippen molar-refractivity contribution in [3.63, 3.8) is 0 Å². The molecule has 0 fully saturated rings. The lowest BCUT2D eigenvalue weighted by atomic mass is 10.2. The minimum atomic E-state index is -0.500. The molecule has 0 amide bonds. The van der Waals surface area contributed by atoms with Gasteiger partial charge in [0.05, 0.1) is 5.69 Å².